The van der Waals surface area contributed by atoms with Crippen LogP contribution in [-0.4, -0.2) is 100 Å². The Morgan fingerprint density at radius 1 is 0.573 bits per heavy atom. The lowest BCUT2D eigenvalue weighted by Gasteiger charge is -2.33. The number of anilines is 1. The molecule has 0 saturated carbocycles. The summed E-state index contributed by atoms with van der Waals surface area (Å²) in [6.45, 7) is -0.892. The fraction of sp³-hybridized carbons (Fsp3) is 0.225. The number of aromatic nitrogens is 1. The number of benzene rings is 3. The number of para-hydroxylation sites is 1. The first-order chi connectivity index (χ1) is 34.9. The molecule has 4 rings (SSSR count). The van der Waals surface area contributed by atoms with Gasteiger partial charge in [0.1, 0.15) is 11.7 Å². The summed E-state index contributed by atoms with van der Waals surface area (Å²) < 4.78 is 86.2. The van der Waals surface area contributed by atoms with Gasteiger partial charge in [0.15, 0.2) is 48.5 Å². The summed E-state index contributed by atoms with van der Waals surface area (Å²) in [5.41, 5.74) is 20.7. The van der Waals surface area contributed by atoms with Crippen LogP contribution in [0.2, 0.25) is 10.0 Å². The van der Waals surface area contributed by atoms with Gasteiger partial charge in [0.2, 0.25) is 12.1 Å². The van der Waals surface area contributed by atoms with Gasteiger partial charge in [0, 0.05) is 27.5 Å². The van der Waals surface area contributed by atoms with E-state index in [1.165, 1.54) is 48.5 Å². The molecule has 6 amide bonds. The third kappa shape index (κ3) is 15.9. The minimum atomic E-state index is -5.42. The minimum absolute atomic E-state index is 0.142. The summed E-state index contributed by atoms with van der Waals surface area (Å²) in [5.74, 6) is -12.6. The zero-order valence-corrected chi connectivity index (χ0v) is 39.3. The third-order valence-corrected chi connectivity index (χ3v) is 10.4. The molecule has 0 fully saturated rings. The van der Waals surface area contributed by atoms with E-state index in [-0.39, 0.29) is 27.2 Å². The minimum Gasteiger partial charge on any atom is -0.370 e. The monoisotopic (exact) mass is 1100 g/mol. The highest BCUT2D eigenvalue weighted by molar-refractivity contribution is 6.36. The molecule has 1 heterocycles. The molecule has 75 heavy (non-hydrogen) atoms. The van der Waals surface area contributed by atoms with Gasteiger partial charge in [-0.3, -0.25) is 50.4 Å². The number of nitrogens with one attached hydrogen (secondary N) is 13. The maximum atomic E-state index is 14.4. The highest BCUT2D eigenvalue weighted by Crippen LogP contribution is 2.41. The number of aliphatic hydroxyl groups excluding tert-OH is 1. The van der Waals surface area contributed by atoms with Crippen LogP contribution < -0.4 is 81.4 Å². The number of hydrogen-bond acceptors (Lipinski definition) is 13. The second-order valence-corrected chi connectivity index (χ2v) is 16.0. The second kappa shape index (κ2) is 24.5. The molecule has 0 saturated heterocycles. The number of halogens is 8. The van der Waals surface area contributed by atoms with Crippen LogP contribution in [0.3, 0.4) is 0 Å². The van der Waals surface area contributed by atoms with Gasteiger partial charge >= 0.3 is 12.4 Å². The first-order valence-corrected chi connectivity index (χ1v) is 21.4. The number of hydrogen-bond donors (Lipinski definition) is 19. The van der Waals surface area contributed by atoms with Crippen molar-refractivity contribution < 1.29 is 60.2 Å². The maximum absolute atomic E-state index is 14.4. The lowest BCUT2D eigenvalue weighted by Crippen LogP contribution is -2.68. The van der Waals surface area contributed by atoms with Gasteiger partial charge in [0.05, 0.1) is 16.8 Å². The van der Waals surface area contributed by atoms with Crippen molar-refractivity contribution in [2.24, 2.45) is 28.7 Å². The Morgan fingerprint density at radius 2 is 1.01 bits per heavy atom. The van der Waals surface area contributed by atoms with Crippen LogP contribution in [0, 0.1) is 21.6 Å². The fourth-order valence-corrected chi connectivity index (χ4v) is 7.02. The zero-order chi connectivity index (χ0) is 56.3. The number of rotatable bonds is 20. The molecule has 0 bridgehead atoms. The number of guanidine groups is 4. The van der Waals surface area contributed by atoms with Crippen LogP contribution in [0.15, 0.2) is 72.8 Å². The average Bonchev–Trinajstić information content (AvgIpc) is 3.30. The average molecular weight is 1100 g/mol. The SMILES string of the molecule is N=C(N)NC(NC(=O)C(NC(=N)N)NC(=O)C(NC(=N)N)NC(=O)C(NC(=N)N)NC(=O)C(NC(=O)C(O)N(Cc1c(Cl)cccc1Cl)c1cc(C(F)(F)F)nc2c(C(F)(F)F)cccc12)c1ccccc1)C(N)=O. The second-order valence-electron chi connectivity index (χ2n) is 15.2. The Morgan fingerprint density at radius 3 is 1.45 bits per heavy atom. The van der Waals surface area contributed by atoms with E-state index in [1.807, 2.05) is 31.9 Å². The predicted molar refractivity (Wildman–Crippen MR) is 255 cm³/mol. The number of primary amides is 1. The Bertz CT molecular complexity index is 2870. The van der Waals surface area contributed by atoms with Gasteiger partial charge in [-0.05, 0) is 29.8 Å². The number of pyridine rings is 1. The van der Waals surface area contributed by atoms with Crippen LogP contribution in [0.1, 0.15) is 28.4 Å². The molecule has 0 radical (unpaired) electrons. The van der Waals surface area contributed by atoms with E-state index in [1.54, 1.807) is 0 Å². The Kier molecular flexibility index (Phi) is 19.1. The van der Waals surface area contributed by atoms with E-state index < -0.39 is 143 Å². The number of aliphatic hydroxyl groups is 1. The molecule has 0 spiro atoms. The summed E-state index contributed by atoms with van der Waals surface area (Å²) in [6, 6.07) is 10.9. The first kappa shape index (κ1) is 58.5. The lowest BCUT2D eigenvalue weighted by molar-refractivity contribution is -0.142. The van der Waals surface area contributed by atoms with E-state index >= 15 is 0 Å². The van der Waals surface area contributed by atoms with Crippen molar-refractivity contribution in [3.05, 3.63) is 105 Å². The number of amides is 6. The van der Waals surface area contributed by atoms with Gasteiger partial charge in [0.25, 0.3) is 29.5 Å². The molecule has 35 heteroatoms. The molecule has 6 atom stereocenters. The quantitative estimate of drug-likeness (QED) is 0.0196. The summed E-state index contributed by atoms with van der Waals surface area (Å²) in [5, 5.41) is 59.5. The molecular formula is C40H44Cl2F6N20O7. The summed E-state index contributed by atoms with van der Waals surface area (Å²) in [6.07, 6.45) is -21.9. The fourth-order valence-electron chi connectivity index (χ4n) is 6.51. The van der Waals surface area contributed by atoms with E-state index in [0.29, 0.717) is 11.0 Å². The van der Waals surface area contributed by atoms with Crippen LogP contribution in [0.5, 0.6) is 0 Å². The van der Waals surface area contributed by atoms with Gasteiger partial charge < -0.3 is 86.5 Å². The topological polar surface area (TPSA) is 473 Å². The Hall–Kier alpha value is -9.11. The van der Waals surface area contributed by atoms with Crippen LogP contribution in [0.4, 0.5) is 32.0 Å². The van der Waals surface area contributed by atoms with Crippen molar-refractivity contribution in [1.82, 2.24) is 52.8 Å². The molecule has 0 aliphatic rings. The molecule has 0 aliphatic heterocycles. The molecule has 402 valence electrons. The molecular weight excluding hydrogens is 1060 g/mol. The summed E-state index contributed by atoms with van der Waals surface area (Å²) in [7, 11) is 0. The van der Waals surface area contributed by atoms with Gasteiger partial charge in [-0.1, -0.05) is 71.7 Å². The molecule has 3 aromatic carbocycles. The molecule has 1 aromatic heterocycles. The highest BCUT2D eigenvalue weighted by Gasteiger charge is 2.40. The smallest absolute Gasteiger partial charge is 0.370 e. The number of nitrogens with two attached hydrogens (primary N) is 5. The van der Waals surface area contributed by atoms with Crippen molar-refractivity contribution in [3.8, 4) is 0 Å². The van der Waals surface area contributed by atoms with Crippen LogP contribution >= 0.6 is 23.2 Å². The number of nitrogens with zero attached hydrogens (tertiary/aromatic N) is 2. The van der Waals surface area contributed by atoms with Crippen molar-refractivity contribution in [2.75, 3.05) is 4.90 Å². The molecule has 4 aromatic rings. The largest absolute Gasteiger partial charge is 0.433 e. The van der Waals surface area contributed by atoms with Crippen molar-refractivity contribution in [3.63, 3.8) is 0 Å². The lowest BCUT2D eigenvalue weighted by atomic mass is 10.0. The van der Waals surface area contributed by atoms with Gasteiger partial charge in [-0.15, -0.1) is 0 Å². The number of fused-ring (bicyclic) bond motifs is 1. The first-order valence-electron chi connectivity index (χ1n) is 20.6. The summed E-state index contributed by atoms with van der Waals surface area (Å²) >= 11 is 12.8. The molecule has 24 N–H and O–H groups in total. The van der Waals surface area contributed by atoms with Crippen molar-refractivity contribution in [2.45, 2.75) is 55.8 Å². The van der Waals surface area contributed by atoms with Crippen LogP contribution in [-0.2, 0) is 47.7 Å². The number of alkyl halides is 6. The third-order valence-electron chi connectivity index (χ3n) is 9.74. The molecule has 27 nitrogen and oxygen atoms in total. The Balaban J connectivity index is 1.75. The maximum Gasteiger partial charge on any atom is 0.433 e. The van der Waals surface area contributed by atoms with E-state index in [4.69, 9.17) is 73.5 Å². The number of carbonyl (C=O) groups is 6. The molecule has 0 aliphatic carbocycles. The van der Waals surface area contributed by atoms with Gasteiger partial charge in [-0.2, -0.15) is 26.3 Å². The van der Waals surface area contributed by atoms with Gasteiger partial charge in [-0.25, -0.2) is 4.98 Å². The highest BCUT2D eigenvalue weighted by atomic mass is 35.5. The van der Waals surface area contributed by atoms with E-state index in [9.17, 15) is 60.2 Å². The van der Waals surface area contributed by atoms with E-state index in [2.05, 4.69) is 20.9 Å². The van der Waals surface area contributed by atoms with Crippen molar-refractivity contribution in [1.29, 1.82) is 21.6 Å². The van der Waals surface area contributed by atoms with Crippen molar-refractivity contribution >= 4 is 99.1 Å². The van der Waals surface area contributed by atoms with Crippen LogP contribution in [0.25, 0.3) is 10.9 Å². The standard InChI is InChI=1S/C40H44Cl2F6N20O7/c41-18-10-5-11-19(42)16(18)13-68(20-12-21(40(46,47)48)58-23-15(20)8-4-9-17(23)39(43,44)45)34(75)33(74)59-22(14-6-2-1-3-7-14)29(70)61-26(65-36(52)53)31(72)63-28(67-38(56)57)32(73)62-27(66-37(54)55)30(71)60-25(24(49)69)64-35(50)51/h1-12,22,25-28,34,75H,13H2,(H2,49,69)(H,59,74)(H,60,71)(H,61,70)(H,62,73)(H,63,72)(H4,50,51,64)(H4,52,53,65)(H4,54,55,66)(H4,56,57,67). The number of carbonyl (C=O) groups excluding carboxylic acids is 6. The predicted octanol–water partition coefficient (Wildman–Crippen LogP) is -2.05. The molecule has 6 unspecified atom stereocenters. The Labute approximate surface area is 427 Å². The van der Waals surface area contributed by atoms with E-state index in [0.717, 1.165) is 12.1 Å². The normalized spacial score (nSPS) is 13.7. The zero-order valence-electron chi connectivity index (χ0n) is 37.8. The summed E-state index contributed by atoms with van der Waals surface area (Å²) in [4.78, 5) is 84.7.